The Morgan fingerprint density at radius 2 is 1.12 bits per heavy atom. The van der Waals surface area contributed by atoms with Crippen molar-refractivity contribution in [1.82, 2.24) is 0 Å². The molecule has 0 aromatic heterocycles. The third kappa shape index (κ3) is 6.88. The van der Waals surface area contributed by atoms with Crippen molar-refractivity contribution < 1.29 is 30.1 Å². The van der Waals surface area contributed by atoms with Gasteiger partial charge in [-0.1, -0.05) is 95.5 Å². The third-order valence-corrected chi connectivity index (χ3v) is 11.9. The van der Waals surface area contributed by atoms with E-state index < -0.39 is 5.76 Å². The van der Waals surface area contributed by atoms with Crippen LogP contribution in [0.4, 0.5) is 5.69 Å². The normalized spacial score (nSPS) is 14.1. The smallest absolute Gasteiger partial charge is 0.270 e. The highest BCUT2D eigenvalue weighted by molar-refractivity contribution is 6.27. The fourth-order valence-corrected chi connectivity index (χ4v) is 9.05. The molecule has 2 aliphatic rings. The van der Waals surface area contributed by atoms with Crippen molar-refractivity contribution in [3.8, 4) is 29.1 Å². The summed E-state index contributed by atoms with van der Waals surface area (Å²) in [5, 5.41) is 75.5. The van der Waals surface area contributed by atoms with Crippen molar-refractivity contribution in [1.29, 1.82) is 5.26 Å². The van der Waals surface area contributed by atoms with Crippen molar-refractivity contribution in [2.24, 2.45) is 0 Å². The van der Waals surface area contributed by atoms with Crippen LogP contribution in [-0.2, 0) is 0 Å². The average molecular weight is 801 g/mol. The van der Waals surface area contributed by atoms with Crippen LogP contribution in [0.25, 0.3) is 37.5 Å². The maximum absolute atomic E-state index is 15.5. The third-order valence-electron chi connectivity index (χ3n) is 11.9. The van der Waals surface area contributed by atoms with Crippen molar-refractivity contribution in [3.63, 3.8) is 0 Å². The number of fused-ring (bicyclic) bond motifs is 4. The molecule has 0 radical (unpaired) electrons. The topological polar surface area (TPSA) is 138 Å². The van der Waals surface area contributed by atoms with Crippen LogP contribution in [0.1, 0.15) is 107 Å². The van der Waals surface area contributed by atoms with Crippen molar-refractivity contribution in [2.75, 3.05) is 31.1 Å². The molecule has 4 N–H and O–H groups in total. The Hall–Kier alpha value is -6.71. The molecule has 0 heterocycles. The van der Waals surface area contributed by atoms with Gasteiger partial charge in [0.2, 0.25) is 5.71 Å². The molecule has 0 fully saturated rings. The first-order valence-electron chi connectivity index (χ1n) is 21.3. The molecule has 0 saturated carbocycles. The summed E-state index contributed by atoms with van der Waals surface area (Å²) in [5.41, 5.74) is 3.71. The van der Waals surface area contributed by atoms with E-state index >= 15 is 5.11 Å². The van der Waals surface area contributed by atoms with E-state index in [1.807, 2.05) is 30.3 Å². The number of nitriles is 1. The van der Waals surface area contributed by atoms with E-state index in [9.17, 15) is 25.7 Å². The lowest BCUT2D eigenvalue weighted by Crippen LogP contribution is -2.31. The second kappa shape index (κ2) is 17.6. The molecule has 5 aromatic rings. The number of allylic oxidation sites excluding steroid dienone is 3. The van der Waals surface area contributed by atoms with E-state index in [-0.39, 0.29) is 56.6 Å². The molecule has 0 amide bonds. The lowest BCUT2D eigenvalue weighted by Gasteiger charge is -2.41. The number of benzene rings is 5. The molecule has 9 heteroatoms. The number of nitrogens with zero attached hydrogens (tertiary/aromatic N) is 4. The van der Waals surface area contributed by atoms with Gasteiger partial charge >= 0.3 is 0 Å². The number of anilines is 1. The number of hydrogen-bond donors (Lipinski definition) is 4. The highest BCUT2D eigenvalue weighted by atomic mass is 16.3. The second-order valence-corrected chi connectivity index (χ2v) is 15.7. The van der Waals surface area contributed by atoms with Crippen LogP contribution >= 0.6 is 0 Å². The van der Waals surface area contributed by atoms with Gasteiger partial charge in [0, 0.05) is 75.3 Å². The molecule has 2 aliphatic carbocycles. The first kappa shape index (κ1) is 41.4. The molecular formula is C51H52N4O5. The Bertz CT molecular complexity index is 2590. The number of rotatable bonds is 14. The summed E-state index contributed by atoms with van der Waals surface area (Å²) >= 11 is 0. The summed E-state index contributed by atoms with van der Waals surface area (Å²) in [6, 6.07) is 22.8. The van der Waals surface area contributed by atoms with Gasteiger partial charge in [0.15, 0.2) is 0 Å². The Labute approximate surface area is 352 Å². The Balaban J connectivity index is 1.66. The molecule has 0 atom stereocenters. The van der Waals surface area contributed by atoms with Crippen LogP contribution in [0, 0.1) is 17.9 Å². The number of unbranched alkanes of at least 4 members (excludes halogenated alkanes) is 4. The number of phenolic OH excluding ortho intramolecular Hbond substituents is 4. The van der Waals surface area contributed by atoms with Crippen LogP contribution in [0.15, 0.2) is 95.4 Å². The minimum absolute atomic E-state index is 0.000460. The highest BCUT2D eigenvalue weighted by Crippen LogP contribution is 2.58. The summed E-state index contributed by atoms with van der Waals surface area (Å²) < 4.78 is 2.29. The zero-order chi connectivity index (χ0) is 42.7. The number of aromatic hydroxyl groups is 4. The first-order chi connectivity index (χ1) is 29.2. The number of phenols is 4. The molecule has 0 spiro atoms. The predicted octanol–water partition coefficient (Wildman–Crippen LogP) is 10.3. The molecule has 5 aromatic carbocycles. The van der Waals surface area contributed by atoms with E-state index in [2.05, 4.69) is 42.0 Å². The second-order valence-electron chi connectivity index (χ2n) is 15.7. The minimum Gasteiger partial charge on any atom is -0.872 e. The summed E-state index contributed by atoms with van der Waals surface area (Å²) in [6.07, 6.45) is 7.52. The average Bonchev–Trinajstić information content (AvgIpc) is 3.24. The van der Waals surface area contributed by atoms with Crippen molar-refractivity contribution in [2.45, 2.75) is 79.1 Å². The van der Waals surface area contributed by atoms with Gasteiger partial charge in [-0.2, -0.15) is 0 Å². The quantitative estimate of drug-likeness (QED) is 0.0372. The van der Waals surface area contributed by atoms with E-state index in [4.69, 9.17) is 6.57 Å². The van der Waals surface area contributed by atoms with Gasteiger partial charge in [-0.05, 0) is 60.4 Å². The molecule has 7 rings (SSSR count). The minimum atomic E-state index is -0.548. The van der Waals surface area contributed by atoms with Crippen LogP contribution < -0.4 is 10.0 Å². The van der Waals surface area contributed by atoms with Gasteiger partial charge in [0.05, 0.1) is 29.5 Å². The Morgan fingerprint density at radius 3 is 1.57 bits per heavy atom. The van der Waals surface area contributed by atoms with Crippen molar-refractivity contribution >= 4 is 44.1 Å². The molecule has 0 bridgehead atoms. The summed E-state index contributed by atoms with van der Waals surface area (Å²) in [7, 11) is 0. The fourth-order valence-electron chi connectivity index (χ4n) is 9.05. The Kier molecular flexibility index (Phi) is 12.2. The van der Waals surface area contributed by atoms with Gasteiger partial charge in [-0.25, -0.2) is 14.7 Å². The van der Waals surface area contributed by atoms with Crippen LogP contribution in [0.5, 0.6) is 23.0 Å². The fraction of sp³-hybridized carbons (Fsp3) is 0.314. The summed E-state index contributed by atoms with van der Waals surface area (Å²) in [5.74, 6) is -1.03. The summed E-state index contributed by atoms with van der Waals surface area (Å²) in [6.45, 7) is 19.7. The maximum atomic E-state index is 15.5. The van der Waals surface area contributed by atoms with Crippen LogP contribution in [0.3, 0.4) is 0 Å². The first-order valence-corrected chi connectivity index (χ1v) is 21.3. The molecule has 9 nitrogen and oxygen atoms in total. The van der Waals surface area contributed by atoms with Crippen LogP contribution in [0.2, 0.25) is 0 Å². The molecule has 60 heavy (non-hydrogen) atoms. The van der Waals surface area contributed by atoms with Gasteiger partial charge < -0.3 is 30.4 Å². The predicted molar refractivity (Wildman–Crippen MR) is 238 cm³/mol. The largest absolute Gasteiger partial charge is 0.872 e. The van der Waals surface area contributed by atoms with Crippen molar-refractivity contribution in [3.05, 3.63) is 135 Å². The maximum Gasteiger partial charge on any atom is 0.270 e. The molecule has 0 saturated heterocycles. The lowest BCUT2D eigenvalue weighted by atomic mass is 9.68. The van der Waals surface area contributed by atoms with Crippen LogP contribution in [-0.4, -0.2) is 56.9 Å². The Morgan fingerprint density at radius 1 is 0.650 bits per heavy atom. The van der Waals surface area contributed by atoms with E-state index in [0.29, 0.717) is 43.8 Å². The monoisotopic (exact) mass is 800 g/mol. The number of hydrogen-bond acceptors (Lipinski definition) is 7. The van der Waals surface area contributed by atoms with E-state index in [1.165, 1.54) is 0 Å². The van der Waals surface area contributed by atoms with Gasteiger partial charge in [-0.3, -0.25) is 0 Å². The van der Waals surface area contributed by atoms with Gasteiger partial charge in [0.1, 0.15) is 36.1 Å². The highest BCUT2D eigenvalue weighted by Gasteiger charge is 2.41. The standard InChI is InChI=1S/C51H52N4O5/c1-6-10-26-54(27-11-7-2)49-31-18-14-22-36(56)40(31)45(41-32(49)19-15-23-37(41)57)47-44(35(30-52)53-5)48(51(47)60)46-42-33(20-16-24-38(42)58)50(34-21-17-25-39(59)43(34)46)55(28-12-8-3)29-13-9-4/h14-25H,6-13,26-29H2,1-4H3,(H4-,56,57,58,59,60). The molecular weight excluding hydrogens is 749 g/mol. The van der Waals surface area contributed by atoms with Gasteiger partial charge in [-0.15, -0.1) is 0 Å². The zero-order valence-corrected chi connectivity index (χ0v) is 34.9. The zero-order valence-electron chi connectivity index (χ0n) is 34.9. The van der Waals surface area contributed by atoms with E-state index in [1.54, 1.807) is 48.5 Å². The molecule has 306 valence electrons. The summed E-state index contributed by atoms with van der Waals surface area (Å²) in [4.78, 5) is 5.95. The van der Waals surface area contributed by atoms with Gasteiger partial charge in [0.25, 0.3) is 5.70 Å². The molecule has 0 aliphatic heterocycles. The SMILES string of the molecule is [C-]#[N+]/C(C#N)=C1\C(=C2c3c(O)cccc3C(=[N+](CCCC)CCCC)c3cccc(O)c32)C([O-])=C1c1c2c(O)cccc2c(N(CCCC)CCCC)c2cccc(O)c12. The van der Waals surface area contributed by atoms with E-state index in [0.717, 1.165) is 88.9 Å². The lowest BCUT2D eigenvalue weighted by molar-refractivity contribution is -0.528. The molecule has 0 unspecified atom stereocenters.